The molecule has 1 saturated heterocycles. The Morgan fingerprint density at radius 2 is 1.45 bits per heavy atom. The Kier molecular flexibility index (Phi) is 7.08. The van der Waals surface area contributed by atoms with E-state index in [-0.39, 0.29) is 11.9 Å². The molecule has 31 heavy (non-hydrogen) atoms. The Morgan fingerprint density at radius 3 is 2.13 bits per heavy atom. The zero-order chi connectivity index (χ0) is 21.7. The number of carbonyl (C=O) groups is 1. The molecule has 1 aliphatic carbocycles. The maximum atomic E-state index is 12.9. The third-order valence-electron chi connectivity index (χ3n) is 6.46. The van der Waals surface area contributed by atoms with E-state index in [1.165, 1.54) is 25.7 Å². The molecule has 2 fully saturated rings. The third-order valence-corrected chi connectivity index (χ3v) is 8.37. The number of sulfonamides is 1. The highest BCUT2D eigenvalue weighted by atomic mass is 32.2. The van der Waals surface area contributed by atoms with Gasteiger partial charge in [-0.1, -0.05) is 56.4 Å². The van der Waals surface area contributed by atoms with Crippen molar-refractivity contribution in [3.05, 3.63) is 54.1 Å². The molecule has 0 aromatic heterocycles. The second-order valence-corrected chi connectivity index (χ2v) is 10.7. The third kappa shape index (κ3) is 5.36. The van der Waals surface area contributed by atoms with Gasteiger partial charge in [0.05, 0.1) is 4.90 Å². The van der Waals surface area contributed by atoms with Crippen molar-refractivity contribution in [3.8, 4) is 11.1 Å². The van der Waals surface area contributed by atoms with Gasteiger partial charge in [-0.3, -0.25) is 4.79 Å². The van der Waals surface area contributed by atoms with E-state index < -0.39 is 10.0 Å². The minimum absolute atomic E-state index is 0.0296. The fourth-order valence-corrected chi connectivity index (χ4v) is 6.12. The maximum Gasteiger partial charge on any atom is 0.251 e. The largest absolute Gasteiger partial charge is 0.349 e. The smallest absolute Gasteiger partial charge is 0.251 e. The van der Waals surface area contributed by atoms with Crippen molar-refractivity contribution in [2.45, 2.75) is 68.7 Å². The second kappa shape index (κ2) is 9.96. The van der Waals surface area contributed by atoms with Crippen LogP contribution in [0.15, 0.2) is 53.4 Å². The molecule has 166 valence electrons. The number of amides is 1. The van der Waals surface area contributed by atoms with E-state index in [1.807, 2.05) is 36.4 Å². The molecule has 2 aliphatic rings. The number of piperidine rings is 1. The monoisotopic (exact) mass is 440 g/mol. The molecular formula is C25H32N2O3S. The topological polar surface area (TPSA) is 66.5 Å². The zero-order valence-corrected chi connectivity index (χ0v) is 18.9. The lowest BCUT2D eigenvalue weighted by Crippen LogP contribution is -2.35. The van der Waals surface area contributed by atoms with Crippen LogP contribution in [-0.2, 0) is 10.0 Å². The minimum Gasteiger partial charge on any atom is -0.349 e. The molecule has 0 unspecified atom stereocenters. The molecule has 2 aromatic carbocycles. The van der Waals surface area contributed by atoms with Crippen molar-refractivity contribution in [2.75, 3.05) is 13.1 Å². The molecule has 5 nitrogen and oxygen atoms in total. The number of hydrogen-bond donors (Lipinski definition) is 1. The standard InChI is InChI=1S/C25H32N2O3S/c28-25(26-23-11-4-1-2-5-12-23)22-10-8-9-21(19-22)20-13-15-24(16-14-20)31(29,30)27-17-6-3-7-18-27/h8-10,13-16,19,23H,1-7,11-12,17-18H2,(H,26,28). The molecule has 0 bridgehead atoms. The Labute approximate surface area is 185 Å². The van der Waals surface area contributed by atoms with E-state index >= 15 is 0 Å². The summed E-state index contributed by atoms with van der Waals surface area (Å²) in [5, 5.41) is 3.20. The summed E-state index contributed by atoms with van der Waals surface area (Å²) in [7, 11) is -3.43. The lowest BCUT2D eigenvalue weighted by molar-refractivity contribution is 0.0933. The van der Waals surface area contributed by atoms with Crippen molar-refractivity contribution in [1.82, 2.24) is 9.62 Å². The minimum atomic E-state index is -3.43. The molecule has 1 heterocycles. The first-order chi connectivity index (χ1) is 15.0. The van der Waals surface area contributed by atoms with E-state index in [1.54, 1.807) is 16.4 Å². The Balaban J connectivity index is 1.48. The summed E-state index contributed by atoms with van der Waals surface area (Å²) in [6.45, 7) is 1.20. The van der Waals surface area contributed by atoms with E-state index in [9.17, 15) is 13.2 Å². The predicted molar refractivity (Wildman–Crippen MR) is 123 cm³/mol. The summed E-state index contributed by atoms with van der Waals surface area (Å²) in [5.74, 6) is -0.0296. The lowest BCUT2D eigenvalue weighted by Gasteiger charge is -2.25. The number of hydrogen-bond acceptors (Lipinski definition) is 3. The van der Waals surface area contributed by atoms with Crippen LogP contribution in [0.4, 0.5) is 0 Å². The van der Waals surface area contributed by atoms with E-state index in [0.29, 0.717) is 23.5 Å². The first-order valence-electron chi connectivity index (χ1n) is 11.6. The maximum absolute atomic E-state index is 12.9. The van der Waals surface area contributed by atoms with Gasteiger partial charge in [0.25, 0.3) is 5.91 Å². The summed E-state index contributed by atoms with van der Waals surface area (Å²) in [4.78, 5) is 13.1. The molecule has 0 spiro atoms. The van der Waals surface area contributed by atoms with Gasteiger partial charge in [-0.2, -0.15) is 4.31 Å². The summed E-state index contributed by atoms with van der Waals surface area (Å²) in [6.07, 6.45) is 9.92. The summed E-state index contributed by atoms with van der Waals surface area (Å²) in [5.41, 5.74) is 2.46. The Morgan fingerprint density at radius 1 is 0.806 bits per heavy atom. The van der Waals surface area contributed by atoms with E-state index in [4.69, 9.17) is 0 Å². The van der Waals surface area contributed by atoms with E-state index in [2.05, 4.69) is 5.32 Å². The molecule has 1 amide bonds. The molecule has 0 atom stereocenters. The van der Waals surface area contributed by atoms with Crippen LogP contribution in [0.3, 0.4) is 0 Å². The molecule has 1 saturated carbocycles. The number of rotatable bonds is 5. The Bertz CT molecular complexity index is 988. The number of nitrogens with one attached hydrogen (secondary N) is 1. The van der Waals surface area contributed by atoms with Crippen LogP contribution in [0, 0.1) is 0 Å². The molecule has 4 rings (SSSR count). The van der Waals surface area contributed by atoms with Crippen LogP contribution in [0.2, 0.25) is 0 Å². The summed E-state index contributed by atoms with van der Waals surface area (Å²) >= 11 is 0. The van der Waals surface area contributed by atoms with E-state index in [0.717, 1.165) is 43.2 Å². The van der Waals surface area contributed by atoms with Gasteiger partial charge in [-0.05, 0) is 61.1 Å². The highest BCUT2D eigenvalue weighted by Gasteiger charge is 2.25. The van der Waals surface area contributed by atoms with Crippen LogP contribution in [-0.4, -0.2) is 37.8 Å². The van der Waals surface area contributed by atoms with Gasteiger partial charge in [0.2, 0.25) is 10.0 Å². The quantitative estimate of drug-likeness (QED) is 0.667. The number of nitrogens with zero attached hydrogens (tertiary/aromatic N) is 1. The van der Waals surface area contributed by atoms with Crippen LogP contribution in [0.25, 0.3) is 11.1 Å². The first kappa shape index (κ1) is 22.0. The number of benzene rings is 2. The van der Waals surface area contributed by atoms with Crippen molar-refractivity contribution in [1.29, 1.82) is 0 Å². The molecular weight excluding hydrogens is 408 g/mol. The SMILES string of the molecule is O=C(NC1CCCCCC1)c1cccc(-c2ccc(S(=O)(=O)N3CCCCC3)cc2)c1. The molecule has 1 aliphatic heterocycles. The van der Waals surface area contributed by atoms with Gasteiger partial charge in [0.1, 0.15) is 0 Å². The van der Waals surface area contributed by atoms with Crippen LogP contribution in [0.1, 0.15) is 68.1 Å². The highest BCUT2D eigenvalue weighted by Crippen LogP contribution is 2.26. The average molecular weight is 441 g/mol. The molecule has 6 heteroatoms. The van der Waals surface area contributed by atoms with Gasteiger partial charge in [0, 0.05) is 24.7 Å². The van der Waals surface area contributed by atoms with Crippen molar-refractivity contribution in [3.63, 3.8) is 0 Å². The van der Waals surface area contributed by atoms with Gasteiger partial charge in [-0.25, -0.2) is 8.42 Å². The Hall–Kier alpha value is -2.18. The lowest BCUT2D eigenvalue weighted by atomic mass is 10.0. The normalized spacial score (nSPS) is 19.0. The van der Waals surface area contributed by atoms with Crippen molar-refractivity contribution in [2.24, 2.45) is 0 Å². The van der Waals surface area contributed by atoms with Crippen molar-refractivity contribution >= 4 is 15.9 Å². The summed E-state index contributed by atoms with van der Waals surface area (Å²) < 4.78 is 27.3. The van der Waals surface area contributed by atoms with Crippen LogP contribution in [0.5, 0.6) is 0 Å². The molecule has 2 aromatic rings. The molecule has 1 N–H and O–H groups in total. The van der Waals surface area contributed by atoms with Gasteiger partial charge >= 0.3 is 0 Å². The fraction of sp³-hybridized carbons (Fsp3) is 0.480. The van der Waals surface area contributed by atoms with Gasteiger partial charge in [0.15, 0.2) is 0 Å². The van der Waals surface area contributed by atoms with Crippen molar-refractivity contribution < 1.29 is 13.2 Å². The van der Waals surface area contributed by atoms with Gasteiger partial charge < -0.3 is 5.32 Å². The number of carbonyl (C=O) groups excluding carboxylic acids is 1. The van der Waals surface area contributed by atoms with Crippen LogP contribution < -0.4 is 5.32 Å². The predicted octanol–water partition coefficient (Wildman–Crippen LogP) is 4.98. The fourth-order valence-electron chi connectivity index (χ4n) is 4.61. The second-order valence-electron chi connectivity index (χ2n) is 8.73. The van der Waals surface area contributed by atoms with Gasteiger partial charge in [-0.15, -0.1) is 0 Å². The molecule has 0 radical (unpaired) electrons. The zero-order valence-electron chi connectivity index (χ0n) is 18.1. The summed E-state index contributed by atoms with van der Waals surface area (Å²) in [6, 6.07) is 14.8. The highest BCUT2D eigenvalue weighted by molar-refractivity contribution is 7.89. The first-order valence-corrected chi connectivity index (χ1v) is 13.0. The average Bonchev–Trinajstić information content (AvgIpc) is 3.08. The van der Waals surface area contributed by atoms with Crippen LogP contribution >= 0.6 is 0 Å².